The molecule has 1 fully saturated rings. The number of carboxylic acids is 1. The smallest absolute Gasteiger partial charge is 0.434 e. The molecule has 134 valence electrons. The summed E-state index contributed by atoms with van der Waals surface area (Å²) in [6.45, 7) is 4.92. The van der Waals surface area contributed by atoms with Crippen LogP contribution in [0.15, 0.2) is 9.98 Å². The molecule has 0 spiro atoms. The van der Waals surface area contributed by atoms with Gasteiger partial charge in [0.1, 0.15) is 27.4 Å². The van der Waals surface area contributed by atoms with Crippen LogP contribution in [0.2, 0.25) is 0 Å². The Morgan fingerprint density at radius 3 is 2.79 bits per heavy atom. The van der Waals surface area contributed by atoms with Crippen LogP contribution < -0.4 is 0 Å². The number of rotatable bonds is 4. The predicted octanol–water partition coefficient (Wildman–Crippen LogP) is 2.77. The standard InChI is InChI=1S/C14H19BrN2O6S/c1-13(2,3)23-12(20)17-8-14(4-5-22-17,21-6-10(18)19)11-16-9(15)7-24-11/h7H,4-6,8H2,1-3H3,(H,18,19). The average molecular weight is 423 g/mol. The van der Waals surface area contributed by atoms with Crippen molar-refractivity contribution in [2.45, 2.75) is 38.4 Å². The highest BCUT2D eigenvalue weighted by Gasteiger charge is 2.44. The summed E-state index contributed by atoms with van der Waals surface area (Å²) >= 11 is 4.60. The molecular formula is C14H19BrN2O6S. The molecule has 0 radical (unpaired) electrons. The Labute approximate surface area is 151 Å². The molecule has 0 aromatic carbocycles. The van der Waals surface area contributed by atoms with E-state index in [1.165, 1.54) is 11.3 Å². The molecule has 0 bridgehead atoms. The Bertz CT molecular complexity index is 617. The van der Waals surface area contributed by atoms with Gasteiger partial charge in [0.25, 0.3) is 0 Å². The molecule has 1 aromatic heterocycles. The topological polar surface area (TPSA) is 98.2 Å². The Hall–Kier alpha value is -1.23. The fourth-order valence-electron chi connectivity index (χ4n) is 2.12. The number of aromatic nitrogens is 1. The second-order valence-electron chi connectivity index (χ2n) is 6.25. The minimum absolute atomic E-state index is 0.00481. The maximum absolute atomic E-state index is 12.3. The summed E-state index contributed by atoms with van der Waals surface area (Å²) in [5, 5.41) is 12.4. The molecule has 0 saturated carbocycles. The summed E-state index contributed by atoms with van der Waals surface area (Å²) < 4.78 is 11.6. The van der Waals surface area contributed by atoms with Gasteiger partial charge < -0.3 is 14.6 Å². The normalized spacial score (nSPS) is 21.6. The Morgan fingerprint density at radius 2 is 2.25 bits per heavy atom. The van der Waals surface area contributed by atoms with Crippen LogP contribution >= 0.6 is 27.3 Å². The van der Waals surface area contributed by atoms with Crippen LogP contribution in [0.4, 0.5) is 4.79 Å². The van der Waals surface area contributed by atoms with Crippen LogP contribution in [-0.4, -0.2) is 52.6 Å². The van der Waals surface area contributed by atoms with Gasteiger partial charge >= 0.3 is 12.1 Å². The van der Waals surface area contributed by atoms with E-state index >= 15 is 0 Å². The SMILES string of the molecule is CC(C)(C)OC(=O)N1CC(OCC(=O)O)(c2nc(Br)cs2)CCO1. The molecule has 1 N–H and O–H groups in total. The zero-order valence-corrected chi connectivity index (χ0v) is 16.0. The number of hydrogen-bond acceptors (Lipinski definition) is 7. The van der Waals surface area contributed by atoms with Gasteiger partial charge in [-0.25, -0.2) is 14.6 Å². The molecule has 1 aliphatic rings. The second kappa shape index (κ2) is 7.34. The van der Waals surface area contributed by atoms with E-state index in [0.717, 1.165) is 5.06 Å². The van der Waals surface area contributed by atoms with Crippen molar-refractivity contribution in [3.8, 4) is 0 Å². The molecule has 1 atom stereocenters. The molecule has 1 amide bonds. The van der Waals surface area contributed by atoms with Gasteiger partial charge in [0.05, 0.1) is 13.2 Å². The zero-order valence-electron chi connectivity index (χ0n) is 13.6. The number of ether oxygens (including phenoxy) is 2. The molecule has 2 rings (SSSR count). The Kier molecular flexibility index (Phi) is 5.84. The molecule has 2 heterocycles. The van der Waals surface area contributed by atoms with E-state index in [9.17, 15) is 9.59 Å². The summed E-state index contributed by atoms with van der Waals surface area (Å²) in [7, 11) is 0. The molecule has 10 heteroatoms. The van der Waals surface area contributed by atoms with Crippen LogP contribution in [0.5, 0.6) is 0 Å². The minimum Gasteiger partial charge on any atom is -0.480 e. The van der Waals surface area contributed by atoms with Crippen LogP contribution in [0.3, 0.4) is 0 Å². The quantitative estimate of drug-likeness (QED) is 0.795. The highest BCUT2D eigenvalue weighted by atomic mass is 79.9. The molecule has 1 unspecified atom stereocenters. The van der Waals surface area contributed by atoms with Gasteiger partial charge in [-0.15, -0.1) is 11.3 Å². The van der Waals surface area contributed by atoms with E-state index in [1.807, 2.05) is 0 Å². The van der Waals surface area contributed by atoms with Crippen molar-refractivity contribution in [3.63, 3.8) is 0 Å². The van der Waals surface area contributed by atoms with Crippen LogP contribution in [0.25, 0.3) is 0 Å². The van der Waals surface area contributed by atoms with Crippen LogP contribution in [0, 0.1) is 0 Å². The number of halogens is 1. The van der Waals surface area contributed by atoms with E-state index in [0.29, 0.717) is 16.0 Å². The minimum atomic E-state index is -1.10. The fraction of sp³-hybridized carbons (Fsp3) is 0.643. The summed E-state index contributed by atoms with van der Waals surface area (Å²) in [5.74, 6) is -1.10. The Morgan fingerprint density at radius 1 is 1.54 bits per heavy atom. The summed E-state index contributed by atoms with van der Waals surface area (Å²) in [5.41, 5.74) is -1.73. The number of nitrogens with zero attached hydrogens (tertiary/aromatic N) is 2. The molecule has 1 saturated heterocycles. The van der Waals surface area contributed by atoms with Crippen molar-refractivity contribution in [2.24, 2.45) is 0 Å². The van der Waals surface area contributed by atoms with Gasteiger partial charge in [-0.2, -0.15) is 5.06 Å². The van der Waals surface area contributed by atoms with E-state index in [4.69, 9.17) is 19.4 Å². The first-order valence-electron chi connectivity index (χ1n) is 7.22. The number of amides is 1. The first-order chi connectivity index (χ1) is 11.1. The first kappa shape index (κ1) is 19.1. The lowest BCUT2D eigenvalue weighted by Crippen LogP contribution is -2.52. The molecular weight excluding hydrogens is 404 g/mol. The molecule has 24 heavy (non-hydrogen) atoms. The van der Waals surface area contributed by atoms with Gasteiger partial charge in [0, 0.05) is 11.8 Å². The number of carbonyl (C=O) groups excluding carboxylic acids is 1. The predicted molar refractivity (Wildman–Crippen MR) is 88.6 cm³/mol. The number of thiazole rings is 1. The lowest BCUT2D eigenvalue weighted by atomic mass is 9.99. The maximum atomic E-state index is 12.3. The van der Waals surface area contributed by atoms with E-state index in [-0.39, 0.29) is 13.2 Å². The number of carboxylic acid groups (broad SMARTS) is 1. The van der Waals surface area contributed by atoms with Crippen molar-refractivity contribution in [1.29, 1.82) is 0 Å². The Balaban J connectivity index is 2.23. The van der Waals surface area contributed by atoms with Crippen molar-refractivity contribution in [1.82, 2.24) is 10.0 Å². The third-order valence-corrected chi connectivity index (χ3v) is 4.82. The summed E-state index contributed by atoms with van der Waals surface area (Å²) in [6.07, 6.45) is -0.277. The van der Waals surface area contributed by atoms with E-state index in [2.05, 4.69) is 20.9 Å². The largest absolute Gasteiger partial charge is 0.480 e. The van der Waals surface area contributed by atoms with Crippen molar-refractivity contribution >= 4 is 39.3 Å². The molecule has 0 aliphatic carbocycles. The van der Waals surface area contributed by atoms with Gasteiger partial charge in [-0.1, -0.05) is 0 Å². The number of hydroxylamine groups is 2. The number of hydrogen-bond donors (Lipinski definition) is 1. The fourth-order valence-corrected chi connectivity index (χ4v) is 3.55. The maximum Gasteiger partial charge on any atom is 0.434 e. The third-order valence-electron chi connectivity index (χ3n) is 3.09. The van der Waals surface area contributed by atoms with Crippen LogP contribution in [-0.2, 0) is 24.7 Å². The second-order valence-corrected chi connectivity index (χ2v) is 7.92. The van der Waals surface area contributed by atoms with Gasteiger partial charge in [0.15, 0.2) is 0 Å². The lowest BCUT2D eigenvalue weighted by Gasteiger charge is -2.40. The highest BCUT2D eigenvalue weighted by Crippen LogP contribution is 2.37. The molecule has 1 aliphatic heterocycles. The van der Waals surface area contributed by atoms with E-state index < -0.39 is 29.9 Å². The zero-order chi connectivity index (χ0) is 18.0. The van der Waals surface area contributed by atoms with Gasteiger partial charge in [-0.3, -0.25) is 4.84 Å². The summed E-state index contributed by atoms with van der Waals surface area (Å²) in [6, 6.07) is 0. The monoisotopic (exact) mass is 422 g/mol. The lowest BCUT2D eigenvalue weighted by molar-refractivity contribution is -0.233. The van der Waals surface area contributed by atoms with Gasteiger partial charge in [-0.05, 0) is 36.7 Å². The summed E-state index contributed by atoms with van der Waals surface area (Å²) in [4.78, 5) is 32.9. The highest BCUT2D eigenvalue weighted by molar-refractivity contribution is 9.10. The molecule has 8 nitrogen and oxygen atoms in total. The van der Waals surface area contributed by atoms with Crippen molar-refractivity contribution in [3.05, 3.63) is 15.0 Å². The molecule has 1 aromatic rings. The van der Waals surface area contributed by atoms with Crippen molar-refractivity contribution < 1.29 is 29.0 Å². The number of aliphatic carboxylic acids is 1. The average Bonchev–Trinajstić information content (AvgIpc) is 2.91. The van der Waals surface area contributed by atoms with Gasteiger partial charge in [0.2, 0.25) is 0 Å². The van der Waals surface area contributed by atoms with E-state index in [1.54, 1.807) is 26.2 Å². The first-order valence-corrected chi connectivity index (χ1v) is 8.89. The number of carbonyl (C=O) groups is 2. The van der Waals surface area contributed by atoms with Crippen molar-refractivity contribution in [2.75, 3.05) is 19.8 Å². The third kappa shape index (κ3) is 4.88. The van der Waals surface area contributed by atoms with Crippen LogP contribution in [0.1, 0.15) is 32.2 Å².